The molecule has 0 radical (unpaired) electrons. The summed E-state index contributed by atoms with van der Waals surface area (Å²) < 4.78 is 18.1. The summed E-state index contributed by atoms with van der Waals surface area (Å²) in [6, 6.07) is 5.64. The Hall–Kier alpha value is -2.74. The third-order valence-corrected chi connectivity index (χ3v) is 5.89. The van der Waals surface area contributed by atoms with Gasteiger partial charge in [0, 0.05) is 10.9 Å². The van der Waals surface area contributed by atoms with E-state index in [0.717, 1.165) is 24.2 Å². The lowest BCUT2D eigenvalue weighted by Gasteiger charge is -2.27. The molecule has 2 atom stereocenters. The number of benzene rings is 1. The van der Waals surface area contributed by atoms with Gasteiger partial charge in [-0.2, -0.15) is 0 Å². The smallest absolute Gasteiger partial charge is 0.341 e. The Kier molecular flexibility index (Phi) is 6.08. The molecule has 0 spiro atoms. The average Bonchev–Trinajstić information content (AvgIpc) is 3.11. The van der Waals surface area contributed by atoms with E-state index in [4.69, 9.17) is 4.74 Å². The molecule has 2 aromatic rings. The number of rotatable bonds is 5. The summed E-state index contributed by atoms with van der Waals surface area (Å²) in [5.74, 6) is -3.80. The molecular weight excluding hydrogens is 385 g/mol. The largest absolute Gasteiger partial charge is 0.481 e. The number of halogens is 1. The molecule has 0 bridgehead atoms. The second-order valence-corrected chi connectivity index (χ2v) is 7.56. The first kappa shape index (κ1) is 20.0. The highest BCUT2D eigenvalue weighted by Gasteiger charge is 2.36. The number of nitrogens with one attached hydrogen (secondary N) is 1. The second kappa shape index (κ2) is 8.52. The number of carbonyl (C=O) groups is 3. The number of amides is 1. The van der Waals surface area contributed by atoms with Crippen LogP contribution >= 0.6 is 11.3 Å². The lowest BCUT2D eigenvalue weighted by molar-refractivity contribution is -0.147. The average molecular weight is 405 g/mol. The van der Waals surface area contributed by atoms with Gasteiger partial charge in [-0.25, -0.2) is 9.18 Å². The predicted octanol–water partition coefficient (Wildman–Crippen LogP) is 4.17. The van der Waals surface area contributed by atoms with Gasteiger partial charge < -0.3 is 15.2 Å². The monoisotopic (exact) mass is 405 g/mol. The van der Waals surface area contributed by atoms with Crippen molar-refractivity contribution < 1.29 is 28.6 Å². The molecule has 0 aliphatic heterocycles. The van der Waals surface area contributed by atoms with E-state index in [-0.39, 0.29) is 5.56 Å². The maximum absolute atomic E-state index is 13.2. The Labute approximate surface area is 165 Å². The highest BCUT2D eigenvalue weighted by molar-refractivity contribution is 7.15. The summed E-state index contributed by atoms with van der Waals surface area (Å²) in [5.41, 5.74) is 1.31. The number of aliphatic carboxylic acids is 1. The van der Waals surface area contributed by atoms with E-state index in [2.05, 4.69) is 5.32 Å². The number of ether oxygens (including phenoxy) is 1. The maximum Gasteiger partial charge on any atom is 0.341 e. The van der Waals surface area contributed by atoms with E-state index >= 15 is 0 Å². The Morgan fingerprint density at radius 2 is 1.79 bits per heavy atom. The molecule has 1 fully saturated rings. The van der Waals surface area contributed by atoms with Gasteiger partial charge in [0.25, 0.3) is 0 Å². The Morgan fingerprint density at radius 1 is 1.14 bits per heavy atom. The van der Waals surface area contributed by atoms with Crippen molar-refractivity contribution in [1.29, 1.82) is 0 Å². The molecule has 1 aliphatic carbocycles. The number of carboxylic acid groups (broad SMARTS) is 1. The molecule has 2 unspecified atom stereocenters. The van der Waals surface area contributed by atoms with Gasteiger partial charge in [-0.1, -0.05) is 25.0 Å². The van der Waals surface area contributed by atoms with Crippen LogP contribution in [-0.2, 0) is 14.3 Å². The standard InChI is InChI=1S/C20H20FNO5S/c1-27-20(26)16-15(11-6-8-12(21)9-7-11)10-28-18(16)22-17(23)13-4-2-3-5-14(13)19(24)25/h6-10,13-14H,2-5H2,1H3,(H,22,23)(H,24,25). The molecule has 1 aromatic carbocycles. The molecule has 1 amide bonds. The molecule has 6 nitrogen and oxygen atoms in total. The van der Waals surface area contributed by atoms with Crippen molar-refractivity contribution in [2.75, 3.05) is 12.4 Å². The fourth-order valence-electron chi connectivity index (χ4n) is 3.54. The van der Waals surface area contributed by atoms with E-state index in [0.29, 0.717) is 29.0 Å². The number of hydrogen-bond donors (Lipinski definition) is 2. The minimum atomic E-state index is -0.980. The normalized spacial score (nSPS) is 19.1. The van der Waals surface area contributed by atoms with Crippen molar-refractivity contribution in [2.24, 2.45) is 11.8 Å². The zero-order valence-electron chi connectivity index (χ0n) is 15.2. The first-order valence-corrected chi connectivity index (χ1v) is 9.79. The van der Waals surface area contributed by atoms with E-state index in [9.17, 15) is 23.9 Å². The lowest BCUT2D eigenvalue weighted by Crippen LogP contribution is -2.36. The number of methoxy groups -OCH3 is 1. The van der Waals surface area contributed by atoms with Crippen LogP contribution in [0.25, 0.3) is 11.1 Å². The molecule has 1 aromatic heterocycles. The van der Waals surface area contributed by atoms with Crippen LogP contribution in [0.15, 0.2) is 29.6 Å². The molecule has 0 saturated heterocycles. The summed E-state index contributed by atoms with van der Waals surface area (Å²) in [7, 11) is 1.24. The van der Waals surface area contributed by atoms with Crippen LogP contribution in [0.5, 0.6) is 0 Å². The minimum absolute atomic E-state index is 0.176. The molecule has 1 aliphatic rings. The topological polar surface area (TPSA) is 92.7 Å². The number of hydrogen-bond acceptors (Lipinski definition) is 5. The van der Waals surface area contributed by atoms with Gasteiger partial charge in [0.2, 0.25) is 5.91 Å². The zero-order chi connectivity index (χ0) is 20.3. The van der Waals surface area contributed by atoms with Crippen molar-refractivity contribution in [2.45, 2.75) is 25.7 Å². The maximum atomic E-state index is 13.2. The third-order valence-electron chi connectivity index (χ3n) is 4.99. The molecule has 2 N–H and O–H groups in total. The molecule has 8 heteroatoms. The Bertz CT molecular complexity index is 893. The molecule has 1 saturated carbocycles. The fourth-order valence-corrected chi connectivity index (χ4v) is 4.50. The van der Waals surface area contributed by atoms with Crippen LogP contribution in [-0.4, -0.2) is 30.1 Å². The Balaban J connectivity index is 1.91. The minimum Gasteiger partial charge on any atom is -0.481 e. The highest BCUT2D eigenvalue weighted by atomic mass is 32.1. The fraction of sp³-hybridized carbons (Fsp3) is 0.350. The van der Waals surface area contributed by atoms with E-state index in [1.165, 1.54) is 31.4 Å². The Morgan fingerprint density at radius 3 is 2.39 bits per heavy atom. The summed E-state index contributed by atoms with van der Waals surface area (Å²) >= 11 is 1.15. The third kappa shape index (κ3) is 4.06. The predicted molar refractivity (Wildman–Crippen MR) is 103 cm³/mol. The summed E-state index contributed by atoms with van der Waals surface area (Å²) in [6.07, 6.45) is 2.52. The van der Waals surface area contributed by atoms with Crippen molar-refractivity contribution in [1.82, 2.24) is 0 Å². The zero-order valence-corrected chi connectivity index (χ0v) is 16.1. The summed E-state index contributed by atoms with van der Waals surface area (Å²) in [6.45, 7) is 0. The molecule has 148 valence electrons. The first-order valence-electron chi connectivity index (χ1n) is 8.91. The van der Waals surface area contributed by atoms with Gasteiger partial charge in [0.05, 0.1) is 18.9 Å². The van der Waals surface area contributed by atoms with Gasteiger partial charge in [-0.05, 0) is 30.5 Å². The van der Waals surface area contributed by atoms with Crippen molar-refractivity contribution >= 4 is 34.2 Å². The van der Waals surface area contributed by atoms with Crippen LogP contribution in [0.4, 0.5) is 9.39 Å². The molecule has 28 heavy (non-hydrogen) atoms. The molecule has 1 heterocycles. The lowest BCUT2D eigenvalue weighted by atomic mass is 9.79. The van der Waals surface area contributed by atoms with Crippen LogP contribution in [0.3, 0.4) is 0 Å². The molecule has 3 rings (SSSR count). The first-order chi connectivity index (χ1) is 13.4. The second-order valence-electron chi connectivity index (χ2n) is 6.68. The van der Waals surface area contributed by atoms with E-state index in [1.807, 2.05) is 0 Å². The van der Waals surface area contributed by atoms with E-state index < -0.39 is 35.5 Å². The quantitative estimate of drug-likeness (QED) is 0.729. The van der Waals surface area contributed by atoms with Gasteiger partial charge in [0.15, 0.2) is 0 Å². The number of carboxylic acids is 1. The summed E-state index contributed by atoms with van der Waals surface area (Å²) in [4.78, 5) is 36.6. The van der Waals surface area contributed by atoms with Crippen molar-refractivity contribution in [3.8, 4) is 11.1 Å². The van der Waals surface area contributed by atoms with Crippen LogP contribution in [0.2, 0.25) is 0 Å². The van der Waals surface area contributed by atoms with Crippen molar-refractivity contribution in [3.05, 3.63) is 41.0 Å². The van der Waals surface area contributed by atoms with Crippen LogP contribution in [0, 0.1) is 17.7 Å². The van der Waals surface area contributed by atoms with Gasteiger partial charge in [-0.15, -0.1) is 11.3 Å². The van der Waals surface area contributed by atoms with Gasteiger partial charge in [0.1, 0.15) is 16.4 Å². The van der Waals surface area contributed by atoms with Crippen molar-refractivity contribution in [3.63, 3.8) is 0 Å². The van der Waals surface area contributed by atoms with Gasteiger partial charge in [-0.3, -0.25) is 9.59 Å². The summed E-state index contributed by atoms with van der Waals surface area (Å²) in [5, 5.41) is 14.1. The number of esters is 1. The van der Waals surface area contributed by atoms with Gasteiger partial charge >= 0.3 is 11.9 Å². The number of anilines is 1. The van der Waals surface area contributed by atoms with Crippen LogP contribution in [0.1, 0.15) is 36.0 Å². The molecular formula is C20H20FNO5S. The number of carbonyl (C=O) groups excluding carboxylic acids is 2. The highest BCUT2D eigenvalue weighted by Crippen LogP contribution is 2.38. The van der Waals surface area contributed by atoms with E-state index in [1.54, 1.807) is 5.38 Å². The van der Waals surface area contributed by atoms with Crippen LogP contribution < -0.4 is 5.32 Å². The number of thiophene rings is 1. The SMILES string of the molecule is COC(=O)c1c(-c2ccc(F)cc2)csc1NC(=O)C1CCCCC1C(=O)O.